The smallest absolute Gasteiger partial charge is 0.248 e. The van der Waals surface area contributed by atoms with Crippen molar-refractivity contribution in [3.05, 3.63) is 35.4 Å². The van der Waals surface area contributed by atoms with Crippen molar-refractivity contribution in [2.75, 3.05) is 26.2 Å². The quantitative estimate of drug-likeness (QED) is 0.591. The van der Waals surface area contributed by atoms with Crippen LogP contribution in [-0.2, 0) is 19.8 Å². The number of nitrogens with zero attached hydrogens (tertiary/aromatic N) is 2. The molecule has 0 saturated carbocycles. The third-order valence-electron chi connectivity index (χ3n) is 6.43. The fourth-order valence-corrected chi connectivity index (χ4v) is 4.45. The first-order chi connectivity index (χ1) is 13.3. The van der Waals surface area contributed by atoms with Crippen LogP contribution in [0.4, 0.5) is 0 Å². The first-order valence-corrected chi connectivity index (χ1v) is 9.82. The van der Waals surface area contributed by atoms with Gasteiger partial charge in [-0.2, -0.15) is 0 Å². The molecule has 0 aliphatic carbocycles. The van der Waals surface area contributed by atoms with Gasteiger partial charge in [-0.1, -0.05) is 29.8 Å². The molecule has 2 N–H and O–H groups in total. The van der Waals surface area contributed by atoms with Gasteiger partial charge in [0, 0.05) is 33.1 Å². The molecule has 3 unspecified atom stereocenters. The van der Waals surface area contributed by atoms with Crippen molar-refractivity contribution in [1.29, 1.82) is 0 Å². The molecule has 7 heteroatoms. The molecule has 2 heterocycles. The average molecular weight is 387 g/mol. The highest BCUT2D eigenvalue weighted by Gasteiger charge is 2.46. The van der Waals surface area contributed by atoms with Gasteiger partial charge in [-0.3, -0.25) is 19.6 Å². The predicted molar refractivity (Wildman–Crippen MR) is 104 cm³/mol. The minimum Gasteiger partial charge on any atom is -0.343 e. The summed E-state index contributed by atoms with van der Waals surface area (Å²) < 4.78 is 0. The Kier molecular flexibility index (Phi) is 5.74. The molecule has 2 aliphatic heterocycles. The van der Waals surface area contributed by atoms with E-state index in [0.29, 0.717) is 32.5 Å². The molecular formula is C21H29N3O4. The molecule has 152 valence electrons. The highest BCUT2D eigenvalue weighted by Crippen LogP contribution is 2.37. The standard InChI is InChI=1S/C21H29N3O4/c1-14-4-6-17(7-5-14)21(3)9-11-24(20(21)27)13-18(19(26)22-28)16-8-10-23(12-16)15(2)25/h4-7,16,18,28H,8-13H2,1-3H3,(H,22,26). The van der Waals surface area contributed by atoms with E-state index in [-0.39, 0.29) is 24.3 Å². The number of nitrogens with one attached hydrogen (secondary N) is 1. The van der Waals surface area contributed by atoms with E-state index in [4.69, 9.17) is 0 Å². The van der Waals surface area contributed by atoms with E-state index < -0.39 is 17.2 Å². The van der Waals surface area contributed by atoms with Crippen molar-refractivity contribution in [1.82, 2.24) is 15.3 Å². The number of hydroxylamine groups is 1. The molecule has 3 rings (SSSR count). The van der Waals surface area contributed by atoms with Crippen LogP contribution in [0.2, 0.25) is 0 Å². The SMILES string of the molecule is CC(=O)N1CCC(C(CN2CCC(C)(c3ccc(C)cc3)C2=O)C(=O)NO)C1. The summed E-state index contributed by atoms with van der Waals surface area (Å²) in [5, 5.41) is 9.20. The Balaban J connectivity index is 1.75. The zero-order chi connectivity index (χ0) is 20.5. The topological polar surface area (TPSA) is 90.0 Å². The van der Waals surface area contributed by atoms with Gasteiger partial charge in [-0.15, -0.1) is 0 Å². The number of rotatable bonds is 5. The van der Waals surface area contributed by atoms with Gasteiger partial charge in [0.2, 0.25) is 17.7 Å². The third kappa shape index (κ3) is 3.76. The van der Waals surface area contributed by atoms with E-state index in [2.05, 4.69) is 0 Å². The fourth-order valence-electron chi connectivity index (χ4n) is 4.45. The van der Waals surface area contributed by atoms with Gasteiger partial charge < -0.3 is 9.80 Å². The van der Waals surface area contributed by atoms with Crippen LogP contribution in [-0.4, -0.2) is 58.9 Å². The van der Waals surface area contributed by atoms with Crippen LogP contribution in [0.15, 0.2) is 24.3 Å². The van der Waals surface area contributed by atoms with Gasteiger partial charge in [0.15, 0.2) is 0 Å². The van der Waals surface area contributed by atoms with E-state index in [1.807, 2.05) is 38.1 Å². The van der Waals surface area contributed by atoms with Crippen molar-refractivity contribution in [3.8, 4) is 0 Å². The minimum atomic E-state index is -0.602. The van der Waals surface area contributed by atoms with Crippen molar-refractivity contribution in [3.63, 3.8) is 0 Å². The molecule has 3 amide bonds. The summed E-state index contributed by atoms with van der Waals surface area (Å²) in [5.74, 6) is -1.12. The van der Waals surface area contributed by atoms with E-state index in [1.54, 1.807) is 15.3 Å². The molecule has 7 nitrogen and oxygen atoms in total. The van der Waals surface area contributed by atoms with Crippen LogP contribution in [0.1, 0.15) is 37.8 Å². The van der Waals surface area contributed by atoms with Crippen molar-refractivity contribution in [2.45, 2.75) is 39.0 Å². The first kappa shape index (κ1) is 20.3. The number of amides is 3. The second-order valence-electron chi connectivity index (χ2n) is 8.30. The lowest BCUT2D eigenvalue weighted by Crippen LogP contribution is -2.45. The number of hydrogen-bond donors (Lipinski definition) is 2. The molecule has 3 atom stereocenters. The molecule has 1 aromatic carbocycles. The average Bonchev–Trinajstić information content (AvgIpc) is 3.27. The molecule has 2 aliphatic rings. The van der Waals surface area contributed by atoms with Gasteiger partial charge in [0.05, 0.1) is 11.3 Å². The predicted octanol–water partition coefficient (Wildman–Crippen LogP) is 1.48. The van der Waals surface area contributed by atoms with Gasteiger partial charge >= 0.3 is 0 Å². The van der Waals surface area contributed by atoms with Crippen LogP contribution in [0.3, 0.4) is 0 Å². The Bertz CT molecular complexity index is 763. The first-order valence-electron chi connectivity index (χ1n) is 9.82. The molecule has 2 fully saturated rings. The Morgan fingerprint density at radius 1 is 1.29 bits per heavy atom. The van der Waals surface area contributed by atoms with Crippen molar-refractivity contribution < 1.29 is 19.6 Å². The maximum Gasteiger partial charge on any atom is 0.248 e. The second kappa shape index (κ2) is 7.91. The van der Waals surface area contributed by atoms with Crippen molar-refractivity contribution >= 4 is 17.7 Å². The van der Waals surface area contributed by atoms with Gasteiger partial charge in [0.25, 0.3) is 0 Å². The zero-order valence-electron chi connectivity index (χ0n) is 16.8. The number of benzene rings is 1. The van der Waals surface area contributed by atoms with E-state index in [1.165, 1.54) is 6.92 Å². The van der Waals surface area contributed by atoms with Crippen LogP contribution in [0.25, 0.3) is 0 Å². The highest BCUT2D eigenvalue weighted by molar-refractivity contribution is 5.90. The molecule has 28 heavy (non-hydrogen) atoms. The number of hydrogen-bond acceptors (Lipinski definition) is 4. The number of aryl methyl sites for hydroxylation is 1. The van der Waals surface area contributed by atoms with Crippen LogP contribution in [0, 0.1) is 18.8 Å². The molecular weight excluding hydrogens is 358 g/mol. The van der Waals surface area contributed by atoms with Crippen LogP contribution in [0.5, 0.6) is 0 Å². The summed E-state index contributed by atoms with van der Waals surface area (Å²) in [6, 6.07) is 8.01. The zero-order valence-corrected chi connectivity index (χ0v) is 16.8. The lowest BCUT2D eigenvalue weighted by atomic mass is 9.81. The highest BCUT2D eigenvalue weighted by atomic mass is 16.5. The summed E-state index contributed by atoms with van der Waals surface area (Å²) in [7, 11) is 0. The molecule has 0 spiro atoms. The van der Waals surface area contributed by atoms with Crippen LogP contribution < -0.4 is 5.48 Å². The summed E-state index contributed by atoms with van der Waals surface area (Å²) in [4.78, 5) is 40.6. The molecule has 2 saturated heterocycles. The third-order valence-corrected chi connectivity index (χ3v) is 6.43. The largest absolute Gasteiger partial charge is 0.343 e. The summed E-state index contributed by atoms with van der Waals surface area (Å²) >= 11 is 0. The Morgan fingerprint density at radius 3 is 2.54 bits per heavy atom. The second-order valence-corrected chi connectivity index (χ2v) is 8.30. The summed E-state index contributed by atoms with van der Waals surface area (Å²) in [6.07, 6.45) is 1.38. The number of carbonyl (C=O) groups is 3. The normalized spacial score (nSPS) is 25.9. The minimum absolute atomic E-state index is 0.00788. The Morgan fingerprint density at radius 2 is 1.96 bits per heavy atom. The van der Waals surface area contributed by atoms with Crippen molar-refractivity contribution in [2.24, 2.45) is 11.8 Å². The van der Waals surface area contributed by atoms with Gasteiger partial charge in [-0.05, 0) is 38.2 Å². The fraction of sp³-hybridized carbons (Fsp3) is 0.571. The number of carbonyl (C=O) groups excluding carboxylic acids is 3. The maximum absolute atomic E-state index is 13.2. The molecule has 0 bridgehead atoms. The maximum atomic E-state index is 13.2. The molecule has 1 aromatic rings. The summed E-state index contributed by atoms with van der Waals surface area (Å²) in [6.45, 7) is 7.38. The summed E-state index contributed by atoms with van der Waals surface area (Å²) in [5.41, 5.74) is 3.28. The van der Waals surface area contributed by atoms with E-state index >= 15 is 0 Å². The van der Waals surface area contributed by atoms with E-state index in [0.717, 1.165) is 11.1 Å². The van der Waals surface area contributed by atoms with Gasteiger partial charge in [0.1, 0.15) is 0 Å². The molecule has 0 radical (unpaired) electrons. The lowest BCUT2D eigenvalue weighted by molar-refractivity contribution is -0.139. The van der Waals surface area contributed by atoms with E-state index in [9.17, 15) is 19.6 Å². The number of likely N-dealkylation sites (tertiary alicyclic amines) is 2. The molecule has 0 aromatic heterocycles. The monoisotopic (exact) mass is 387 g/mol. The lowest BCUT2D eigenvalue weighted by Gasteiger charge is -2.29. The van der Waals surface area contributed by atoms with Crippen LogP contribution >= 0.6 is 0 Å². The Hall–Kier alpha value is -2.41. The van der Waals surface area contributed by atoms with Gasteiger partial charge in [-0.25, -0.2) is 5.48 Å². The Labute approximate surface area is 165 Å².